The number of hydrogen-bond donors (Lipinski definition) is 1. The largest absolute Gasteiger partial charge is 0.875 e. The molecule has 94 valence electrons. The fourth-order valence-electron chi connectivity index (χ4n) is 1.39. The van der Waals surface area contributed by atoms with Crippen molar-refractivity contribution in [2.75, 3.05) is 0 Å². The number of amides is 1. The molecule has 0 atom stereocenters. The average Bonchev–Trinajstić information content (AvgIpc) is 2.28. The highest BCUT2D eigenvalue weighted by molar-refractivity contribution is 7.81. The zero-order valence-electron chi connectivity index (χ0n) is 10.0. The van der Waals surface area contributed by atoms with Crippen LogP contribution in [0.3, 0.4) is 0 Å². The lowest BCUT2D eigenvalue weighted by Gasteiger charge is -2.14. The number of benzene rings is 1. The van der Waals surface area contributed by atoms with Crippen molar-refractivity contribution in [3.8, 4) is 0 Å². The van der Waals surface area contributed by atoms with Gasteiger partial charge in [-0.3, -0.25) is 9.59 Å². The van der Waals surface area contributed by atoms with E-state index in [0.717, 1.165) is 0 Å². The molecule has 0 saturated heterocycles. The maximum Gasteiger partial charge on any atom is 0.256 e. The van der Waals surface area contributed by atoms with Crippen molar-refractivity contribution in [1.82, 2.24) is 5.32 Å². The SMILES string of the molecule is CC(=O)/C(C(=S)NC(=O)c1ccccc1)=C(/C)[O-]. The summed E-state index contributed by atoms with van der Waals surface area (Å²) in [5, 5.41) is 13.6. The third-order valence-corrected chi connectivity index (χ3v) is 2.50. The number of thiocarbonyl (C=S) groups is 1. The molecule has 4 nitrogen and oxygen atoms in total. The van der Waals surface area contributed by atoms with Crippen molar-refractivity contribution >= 4 is 28.9 Å². The summed E-state index contributed by atoms with van der Waals surface area (Å²) in [5.74, 6) is -1.36. The van der Waals surface area contributed by atoms with Gasteiger partial charge in [-0.1, -0.05) is 37.3 Å². The van der Waals surface area contributed by atoms with Gasteiger partial charge in [0.2, 0.25) is 0 Å². The lowest BCUT2D eigenvalue weighted by atomic mass is 10.1. The highest BCUT2D eigenvalue weighted by Crippen LogP contribution is 2.04. The number of Topliss-reactive ketones (excluding diaryl/α,β-unsaturated/α-hetero) is 1. The maximum atomic E-state index is 11.8. The summed E-state index contributed by atoms with van der Waals surface area (Å²) in [6.07, 6.45) is 0. The molecule has 0 aliphatic rings. The third-order valence-electron chi connectivity index (χ3n) is 2.19. The summed E-state index contributed by atoms with van der Waals surface area (Å²) >= 11 is 4.89. The van der Waals surface area contributed by atoms with Gasteiger partial charge in [0.15, 0.2) is 5.78 Å². The topological polar surface area (TPSA) is 69.2 Å². The Morgan fingerprint density at radius 3 is 2.17 bits per heavy atom. The smallest absolute Gasteiger partial charge is 0.256 e. The van der Waals surface area contributed by atoms with Crippen LogP contribution in [-0.2, 0) is 4.79 Å². The molecule has 0 heterocycles. The Labute approximate surface area is 110 Å². The number of rotatable bonds is 3. The van der Waals surface area contributed by atoms with Crippen molar-refractivity contribution in [2.45, 2.75) is 13.8 Å². The molecular formula is C13H12NO3S-. The highest BCUT2D eigenvalue weighted by atomic mass is 32.1. The van der Waals surface area contributed by atoms with Gasteiger partial charge >= 0.3 is 0 Å². The summed E-state index contributed by atoms with van der Waals surface area (Å²) < 4.78 is 0. The fraction of sp³-hybridized carbons (Fsp3) is 0.154. The summed E-state index contributed by atoms with van der Waals surface area (Å²) in [6, 6.07) is 8.41. The minimum atomic E-state index is -0.458. The van der Waals surface area contributed by atoms with E-state index in [9.17, 15) is 14.7 Å². The van der Waals surface area contributed by atoms with E-state index in [1.165, 1.54) is 13.8 Å². The quantitative estimate of drug-likeness (QED) is 0.500. The Balaban J connectivity index is 2.87. The summed E-state index contributed by atoms with van der Waals surface area (Å²) in [6.45, 7) is 2.47. The summed E-state index contributed by atoms with van der Waals surface area (Å²) in [5.41, 5.74) is 0.251. The minimum absolute atomic E-state index is 0.135. The van der Waals surface area contributed by atoms with Crippen molar-refractivity contribution in [3.63, 3.8) is 0 Å². The monoisotopic (exact) mass is 262 g/mol. The molecule has 1 aromatic carbocycles. The molecule has 1 N–H and O–H groups in total. The van der Waals surface area contributed by atoms with E-state index in [1.54, 1.807) is 30.3 Å². The summed E-state index contributed by atoms with van der Waals surface area (Å²) in [4.78, 5) is 22.9. The van der Waals surface area contributed by atoms with Crippen LogP contribution in [-0.4, -0.2) is 16.7 Å². The van der Waals surface area contributed by atoms with Crippen LogP contribution in [0.1, 0.15) is 24.2 Å². The lowest BCUT2D eigenvalue weighted by molar-refractivity contribution is -0.302. The number of carbonyl (C=O) groups is 2. The Morgan fingerprint density at radius 2 is 1.72 bits per heavy atom. The second kappa shape index (κ2) is 6.07. The molecule has 1 rings (SSSR count). The van der Waals surface area contributed by atoms with Gasteiger partial charge in [-0.2, -0.15) is 0 Å². The summed E-state index contributed by atoms with van der Waals surface area (Å²) in [7, 11) is 0. The fourth-order valence-corrected chi connectivity index (χ4v) is 1.78. The van der Waals surface area contributed by atoms with Crippen LogP contribution in [0, 0.1) is 0 Å². The molecule has 0 aliphatic heterocycles. The normalized spacial score (nSPS) is 11.4. The van der Waals surface area contributed by atoms with Crippen LogP contribution in [0.15, 0.2) is 41.7 Å². The number of nitrogens with one attached hydrogen (secondary N) is 1. The second-order valence-corrected chi connectivity index (χ2v) is 4.04. The van der Waals surface area contributed by atoms with Crippen LogP contribution in [0.2, 0.25) is 0 Å². The first-order valence-corrected chi connectivity index (χ1v) is 5.64. The number of allylic oxidation sites excluding steroid dienone is 1. The Kier molecular flexibility index (Phi) is 4.74. The number of hydrogen-bond acceptors (Lipinski definition) is 4. The number of ketones is 1. The van der Waals surface area contributed by atoms with Gasteiger partial charge < -0.3 is 10.4 Å². The van der Waals surface area contributed by atoms with E-state index in [4.69, 9.17) is 12.2 Å². The van der Waals surface area contributed by atoms with Gasteiger partial charge in [0.05, 0.1) is 0 Å². The molecule has 5 heteroatoms. The predicted octanol–water partition coefficient (Wildman–Crippen LogP) is 0.967. The molecule has 0 fully saturated rings. The Hall–Kier alpha value is -2.01. The van der Waals surface area contributed by atoms with Crippen molar-refractivity contribution in [1.29, 1.82) is 0 Å². The van der Waals surface area contributed by atoms with Crippen LogP contribution < -0.4 is 10.4 Å². The predicted molar refractivity (Wildman–Crippen MR) is 69.9 cm³/mol. The van der Waals surface area contributed by atoms with E-state index in [1.807, 2.05) is 0 Å². The molecule has 18 heavy (non-hydrogen) atoms. The highest BCUT2D eigenvalue weighted by Gasteiger charge is 2.14. The van der Waals surface area contributed by atoms with Crippen molar-refractivity contribution in [3.05, 3.63) is 47.2 Å². The molecular weight excluding hydrogens is 250 g/mol. The standard InChI is InChI=1S/C13H13NO3S/c1-8(15)11(9(2)16)13(18)14-12(17)10-6-4-3-5-7-10/h3-7,15H,1-2H3,(H,14,17,18)/p-1/b11-8+. The van der Waals surface area contributed by atoms with Crippen molar-refractivity contribution < 1.29 is 14.7 Å². The van der Waals surface area contributed by atoms with E-state index in [-0.39, 0.29) is 10.6 Å². The van der Waals surface area contributed by atoms with Crippen LogP contribution in [0.25, 0.3) is 0 Å². The van der Waals surface area contributed by atoms with Gasteiger partial charge in [-0.15, -0.1) is 5.76 Å². The molecule has 1 aromatic rings. The first-order valence-electron chi connectivity index (χ1n) is 5.23. The van der Waals surface area contributed by atoms with Crippen molar-refractivity contribution in [2.24, 2.45) is 0 Å². The first kappa shape index (κ1) is 14.1. The molecule has 0 radical (unpaired) electrons. The van der Waals surface area contributed by atoms with E-state index < -0.39 is 17.4 Å². The molecule has 0 saturated carbocycles. The van der Waals surface area contributed by atoms with Crippen LogP contribution >= 0.6 is 12.2 Å². The van der Waals surface area contributed by atoms with Crippen LogP contribution in [0.4, 0.5) is 0 Å². The molecule has 0 bridgehead atoms. The van der Waals surface area contributed by atoms with E-state index in [0.29, 0.717) is 5.56 Å². The molecule has 0 spiro atoms. The van der Waals surface area contributed by atoms with Gasteiger partial charge in [-0.25, -0.2) is 0 Å². The molecule has 0 unspecified atom stereocenters. The van der Waals surface area contributed by atoms with E-state index in [2.05, 4.69) is 5.32 Å². The zero-order chi connectivity index (χ0) is 13.7. The number of carbonyl (C=O) groups excluding carboxylic acids is 2. The van der Waals surface area contributed by atoms with Gasteiger partial charge in [0.25, 0.3) is 5.91 Å². The second-order valence-electron chi connectivity index (χ2n) is 3.64. The molecule has 1 amide bonds. The lowest BCUT2D eigenvalue weighted by Crippen LogP contribution is -2.33. The van der Waals surface area contributed by atoms with E-state index >= 15 is 0 Å². The third kappa shape index (κ3) is 3.49. The van der Waals surface area contributed by atoms with Gasteiger partial charge in [-0.05, 0) is 19.1 Å². The Morgan fingerprint density at radius 1 is 1.17 bits per heavy atom. The molecule has 0 aliphatic carbocycles. The Bertz CT molecular complexity index is 516. The maximum absolute atomic E-state index is 11.8. The van der Waals surface area contributed by atoms with Gasteiger partial charge in [0.1, 0.15) is 4.99 Å². The van der Waals surface area contributed by atoms with Gasteiger partial charge in [0, 0.05) is 11.1 Å². The molecule has 0 aromatic heterocycles. The minimum Gasteiger partial charge on any atom is -0.875 e. The first-order chi connectivity index (χ1) is 8.43. The zero-order valence-corrected chi connectivity index (χ0v) is 10.8. The average molecular weight is 262 g/mol. The van der Waals surface area contributed by atoms with Crippen LogP contribution in [0.5, 0.6) is 0 Å².